The van der Waals surface area contributed by atoms with E-state index >= 15 is 0 Å². The molecule has 0 spiro atoms. The van der Waals surface area contributed by atoms with Crippen molar-refractivity contribution in [3.05, 3.63) is 51.8 Å². The minimum Gasteiger partial charge on any atom is -0.454 e. The van der Waals surface area contributed by atoms with Crippen LogP contribution in [0.2, 0.25) is 0 Å². The Morgan fingerprint density at radius 1 is 1.16 bits per heavy atom. The van der Waals surface area contributed by atoms with Crippen LogP contribution in [-0.2, 0) is 18.3 Å². The molecular formula is C19H18N2O3S. The lowest BCUT2D eigenvalue weighted by molar-refractivity contribution is -0.117. The van der Waals surface area contributed by atoms with Crippen molar-refractivity contribution < 1.29 is 14.3 Å². The van der Waals surface area contributed by atoms with Gasteiger partial charge >= 0.3 is 0 Å². The number of carbonyl (C=O) groups excluding carboxylic acids is 1. The Kier molecular flexibility index (Phi) is 3.84. The number of fused-ring (bicyclic) bond motifs is 2. The first-order valence-electron chi connectivity index (χ1n) is 8.05. The average Bonchev–Trinajstić information content (AvgIpc) is 3.16. The van der Waals surface area contributed by atoms with Crippen LogP contribution in [-0.4, -0.2) is 17.3 Å². The molecule has 3 aromatic rings. The van der Waals surface area contributed by atoms with Crippen LogP contribution in [0.25, 0.3) is 10.2 Å². The highest BCUT2D eigenvalue weighted by atomic mass is 32.1. The summed E-state index contributed by atoms with van der Waals surface area (Å²) in [6, 6.07) is 9.75. The molecule has 128 valence electrons. The summed E-state index contributed by atoms with van der Waals surface area (Å²) < 4.78 is 13.8. The summed E-state index contributed by atoms with van der Waals surface area (Å²) in [7, 11) is 1.96. The highest BCUT2D eigenvalue weighted by Crippen LogP contribution is 2.32. The maximum Gasteiger partial charge on any atom is 0.252 e. The molecule has 5 nitrogen and oxygen atoms in total. The first kappa shape index (κ1) is 15.9. The number of aromatic nitrogens is 1. The molecule has 0 atom stereocenters. The fourth-order valence-electron chi connectivity index (χ4n) is 3.04. The molecule has 1 aromatic heterocycles. The maximum absolute atomic E-state index is 12.4. The van der Waals surface area contributed by atoms with Crippen molar-refractivity contribution >= 4 is 27.5 Å². The van der Waals surface area contributed by atoms with Crippen LogP contribution in [0.5, 0.6) is 11.5 Å². The largest absolute Gasteiger partial charge is 0.454 e. The van der Waals surface area contributed by atoms with E-state index in [2.05, 4.69) is 31.0 Å². The van der Waals surface area contributed by atoms with E-state index in [-0.39, 0.29) is 19.1 Å². The minimum absolute atomic E-state index is 0.170. The van der Waals surface area contributed by atoms with Gasteiger partial charge < -0.3 is 14.0 Å². The zero-order valence-electron chi connectivity index (χ0n) is 14.3. The zero-order valence-corrected chi connectivity index (χ0v) is 15.1. The number of nitrogens with zero attached hydrogens (tertiary/aromatic N) is 2. The topological polar surface area (TPSA) is 52.8 Å². The molecule has 4 rings (SSSR count). The second kappa shape index (κ2) is 6.04. The monoisotopic (exact) mass is 354 g/mol. The molecule has 0 fully saturated rings. The molecule has 2 aromatic carbocycles. The van der Waals surface area contributed by atoms with Gasteiger partial charge in [-0.3, -0.25) is 4.79 Å². The molecule has 1 amide bonds. The fourth-order valence-corrected chi connectivity index (χ4v) is 4.22. The van der Waals surface area contributed by atoms with Crippen molar-refractivity contribution in [3.8, 4) is 11.5 Å². The fraction of sp³-hybridized carbons (Fsp3) is 0.263. The number of carbonyl (C=O) groups is 1. The maximum atomic E-state index is 12.4. The molecule has 2 heterocycles. The van der Waals surface area contributed by atoms with Crippen LogP contribution >= 0.6 is 11.3 Å². The van der Waals surface area contributed by atoms with Gasteiger partial charge in [0, 0.05) is 7.05 Å². The van der Waals surface area contributed by atoms with Gasteiger partial charge in [0.2, 0.25) is 6.79 Å². The third-order valence-electron chi connectivity index (χ3n) is 4.36. The second-order valence-electron chi connectivity index (χ2n) is 6.19. The number of aryl methyl sites for hydroxylation is 3. The Morgan fingerprint density at radius 3 is 2.72 bits per heavy atom. The number of hydrogen-bond acceptors (Lipinski definition) is 4. The molecular weight excluding hydrogens is 336 g/mol. The van der Waals surface area contributed by atoms with Gasteiger partial charge in [-0.2, -0.15) is 4.99 Å². The van der Waals surface area contributed by atoms with E-state index in [4.69, 9.17) is 9.47 Å². The summed E-state index contributed by atoms with van der Waals surface area (Å²) in [5.74, 6) is 1.23. The second-order valence-corrected chi connectivity index (χ2v) is 7.17. The Hall–Kier alpha value is -2.60. The summed E-state index contributed by atoms with van der Waals surface area (Å²) in [5, 5.41) is 0. The molecule has 25 heavy (non-hydrogen) atoms. The van der Waals surface area contributed by atoms with E-state index in [9.17, 15) is 4.79 Å². The summed E-state index contributed by atoms with van der Waals surface area (Å²) in [5.41, 5.74) is 4.39. The van der Waals surface area contributed by atoms with E-state index in [1.807, 2.05) is 29.8 Å². The lowest BCUT2D eigenvalue weighted by Gasteiger charge is -2.02. The smallest absolute Gasteiger partial charge is 0.252 e. The highest BCUT2D eigenvalue weighted by molar-refractivity contribution is 7.16. The van der Waals surface area contributed by atoms with Crippen molar-refractivity contribution in [2.24, 2.45) is 12.0 Å². The SMILES string of the molecule is Cc1ccc(C)c2c1sc(=NC(=O)Cc1ccc3c(c1)OCO3)n2C. The van der Waals surface area contributed by atoms with Gasteiger partial charge in [-0.1, -0.05) is 29.5 Å². The molecule has 0 aliphatic carbocycles. The Bertz CT molecular complexity index is 1060. The summed E-state index contributed by atoms with van der Waals surface area (Å²) in [4.78, 5) is 17.5. The number of amides is 1. The predicted octanol–water partition coefficient (Wildman–Crippen LogP) is 3.26. The number of rotatable bonds is 2. The van der Waals surface area contributed by atoms with Gasteiger partial charge in [-0.05, 0) is 42.7 Å². The van der Waals surface area contributed by atoms with Gasteiger partial charge in [0.15, 0.2) is 16.3 Å². The van der Waals surface area contributed by atoms with E-state index in [1.54, 1.807) is 11.3 Å². The average molecular weight is 354 g/mol. The number of hydrogen-bond donors (Lipinski definition) is 0. The Balaban J connectivity index is 1.68. The van der Waals surface area contributed by atoms with Gasteiger partial charge in [0.1, 0.15) is 0 Å². The quantitative estimate of drug-likeness (QED) is 0.710. The molecule has 0 saturated carbocycles. The van der Waals surface area contributed by atoms with Crippen LogP contribution in [0.3, 0.4) is 0 Å². The number of thiazole rings is 1. The normalized spacial score (nSPS) is 13.6. The van der Waals surface area contributed by atoms with Crippen molar-refractivity contribution in [1.29, 1.82) is 0 Å². The van der Waals surface area contributed by atoms with Crippen molar-refractivity contribution in [1.82, 2.24) is 4.57 Å². The first-order valence-corrected chi connectivity index (χ1v) is 8.86. The lowest BCUT2D eigenvalue weighted by atomic mass is 10.1. The predicted molar refractivity (Wildman–Crippen MR) is 97.1 cm³/mol. The van der Waals surface area contributed by atoms with Gasteiger partial charge in [-0.25, -0.2) is 0 Å². The van der Waals surface area contributed by atoms with Crippen molar-refractivity contribution in [2.45, 2.75) is 20.3 Å². The Labute approximate surface area is 149 Å². The van der Waals surface area contributed by atoms with Crippen LogP contribution in [0.1, 0.15) is 16.7 Å². The zero-order chi connectivity index (χ0) is 17.6. The number of benzene rings is 2. The molecule has 1 aliphatic rings. The van der Waals surface area contributed by atoms with Crippen LogP contribution in [0, 0.1) is 13.8 Å². The van der Waals surface area contributed by atoms with Crippen LogP contribution in [0.15, 0.2) is 35.3 Å². The highest BCUT2D eigenvalue weighted by Gasteiger charge is 2.15. The number of ether oxygens (including phenoxy) is 2. The van der Waals surface area contributed by atoms with Crippen molar-refractivity contribution in [3.63, 3.8) is 0 Å². The summed E-state index contributed by atoms with van der Waals surface area (Å²) in [6.07, 6.45) is 0.239. The van der Waals surface area contributed by atoms with E-state index < -0.39 is 0 Å². The first-order chi connectivity index (χ1) is 12.0. The van der Waals surface area contributed by atoms with Crippen LogP contribution < -0.4 is 14.3 Å². The Morgan fingerprint density at radius 2 is 1.92 bits per heavy atom. The van der Waals surface area contributed by atoms with Gasteiger partial charge in [0.25, 0.3) is 5.91 Å². The van der Waals surface area contributed by atoms with E-state index in [0.29, 0.717) is 5.75 Å². The standard InChI is InChI=1S/C19H18N2O3S/c1-11-4-5-12(2)18-17(11)21(3)19(25-18)20-16(22)9-13-6-7-14-15(8-13)24-10-23-14/h4-8H,9-10H2,1-3H3. The molecule has 0 saturated heterocycles. The third-order valence-corrected chi connectivity index (χ3v) is 5.63. The molecule has 6 heteroatoms. The van der Waals surface area contributed by atoms with E-state index in [0.717, 1.165) is 21.6 Å². The molecule has 0 N–H and O–H groups in total. The molecule has 0 bridgehead atoms. The van der Waals surface area contributed by atoms with Gasteiger partial charge in [0.05, 0.1) is 16.6 Å². The van der Waals surface area contributed by atoms with Gasteiger partial charge in [-0.15, -0.1) is 0 Å². The summed E-state index contributed by atoms with van der Waals surface area (Å²) in [6.45, 7) is 4.39. The molecule has 0 radical (unpaired) electrons. The van der Waals surface area contributed by atoms with Crippen LogP contribution in [0.4, 0.5) is 0 Å². The molecule has 1 aliphatic heterocycles. The molecule has 0 unspecified atom stereocenters. The van der Waals surface area contributed by atoms with E-state index in [1.165, 1.54) is 15.8 Å². The summed E-state index contributed by atoms with van der Waals surface area (Å²) >= 11 is 1.55. The minimum atomic E-state index is -0.170. The third kappa shape index (κ3) is 2.82. The lowest BCUT2D eigenvalue weighted by Crippen LogP contribution is -2.14. The van der Waals surface area contributed by atoms with Crippen molar-refractivity contribution in [2.75, 3.05) is 6.79 Å².